The fraction of sp³-hybridized carbons (Fsp3) is 0.500. The lowest BCUT2D eigenvalue weighted by Crippen LogP contribution is -2.26. The third-order valence-electron chi connectivity index (χ3n) is 2.37. The number of hydrogen-bond donors (Lipinski definition) is 0. The molecule has 1 saturated heterocycles. The van der Waals surface area contributed by atoms with Crippen molar-refractivity contribution in [3.8, 4) is 0 Å². The Balaban J connectivity index is 2.25. The van der Waals surface area contributed by atoms with E-state index >= 15 is 0 Å². The molecule has 1 aliphatic heterocycles. The zero-order valence-electron chi connectivity index (χ0n) is 9.18. The number of esters is 1. The van der Waals surface area contributed by atoms with E-state index in [0.717, 1.165) is 0 Å². The number of rotatable bonds is 3. The maximum atomic E-state index is 11.7. The summed E-state index contributed by atoms with van der Waals surface area (Å²) in [6.45, 7) is 2.43. The van der Waals surface area contributed by atoms with Crippen LogP contribution in [0.1, 0.15) is 23.7 Å². The summed E-state index contributed by atoms with van der Waals surface area (Å²) in [5, 5.41) is 3.54. The molecule has 0 aliphatic carbocycles. The van der Waals surface area contributed by atoms with Crippen molar-refractivity contribution in [2.45, 2.75) is 18.2 Å². The van der Waals surface area contributed by atoms with E-state index in [2.05, 4.69) is 21.1 Å². The van der Waals surface area contributed by atoms with Crippen molar-refractivity contribution in [2.24, 2.45) is 0 Å². The topological polar surface area (TPSA) is 72.6 Å². The van der Waals surface area contributed by atoms with E-state index in [9.17, 15) is 9.59 Å². The van der Waals surface area contributed by atoms with E-state index in [1.165, 1.54) is 11.1 Å². The van der Waals surface area contributed by atoms with Gasteiger partial charge in [0.25, 0.3) is 0 Å². The third kappa shape index (κ3) is 2.33. The number of amides is 1. The highest BCUT2D eigenvalue weighted by atomic mass is 79.9. The molecule has 1 aromatic heterocycles. The lowest BCUT2D eigenvalue weighted by atomic mass is 10.3. The molecule has 0 N–H and O–H groups in total. The molecule has 1 aliphatic rings. The molecule has 1 atom stereocenters. The summed E-state index contributed by atoms with van der Waals surface area (Å²) in [5.41, 5.74) is 0.182. The lowest BCUT2D eigenvalue weighted by molar-refractivity contribution is -0.117. The molecular formula is C10H11BrN2O4. The Bertz CT molecular complexity index is 445. The van der Waals surface area contributed by atoms with Gasteiger partial charge in [0, 0.05) is 17.8 Å². The van der Waals surface area contributed by atoms with Gasteiger partial charge in [-0.15, -0.1) is 0 Å². The SMILES string of the molecule is CCOC(=O)c1cnoc1N1CC(Br)CC1=O. The van der Waals surface area contributed by atoms with Crippen LogP contribution in [0.5, 0.6) is 0 Å². The van der Waals surface area contributed by atoms with Crippen molar-refractivity contribution in [2.75, 3.05) is 18.1 Å². The zero-order valence-corrected chi connectivity index (χ0v) is 10.8. The average Bonchev–Trinajstić information content (AvgIpc) is 2.84. The minimum absolute atomic E-state index is 0.0649. The Morgan fingerprint density at radius 3 is 3.12 bits per heavy atom. The molecule has 1 fully saturated rings. The largest absolute Gasteiger partial charge is 0.462 e. The summed E-state index contributed by atoms with van der Waals surface area (Å²) < 4.78 is 9.83. The molecule has 0 radical (unpaired) electrons. The number of carbonyl (C=O) groups is 2. The summed E-state index contributed by atoms with van der Waals surface area (Å²) in [4.78, 5) is 24.7. The van der Waals surface area contributed by atoms with Gasteiger partial charge in [0.2, 0.25) is 11.8 Å². The van der Waals surface area contributed by atoms with E-state index in [0.29, 0.717) is 13.0 Å². The molecule has 1 amide bonds. The van der Waals surface area contributed by atoms with Gasteiger partial charge >= 0.3 is 5.97 Å². The minimum atomic E-state index is -0.533. The van der Waals surface area contributed by atoms with Gasteiger partial charge in [-0.3, -0.25) is 9.69 Å². The van der Waals surface area contributed by atoms with Gasteiger partial charge in [-0.25, -0.2) is 4.79 Å². The summed E-state index contributed by atoms with van der Waals surface area (Å²) >= 11 is 3.36. The molecule has 17 heavy (non-hydrogen) atoms. The fourth-order valence-corrected chi connectivity index (χ4v) is 2.20. The predicted octanol–water partition coefficient (Wildman–Crippen LogP) is 1.35. The first-order chi connectivity index (χ1) is 8.13. The van der Waals surface area contributed by atoms with Crippen molar-refractivity contribution >= 4 is 33.7 Å². The molecule has 92 valence electrons. The van der Waals surface area contributed by atoms with Crippen molar-refractivity contribution in [1.29, 1.82) is 0 Å². The van der Waals surface area contributed by atoms with Crippen LogP contribution < -0.4 is 4.90 Å². The first kappa shape index (κ1) is 12.1. The summed E-state index contributed by atoms with van der Waals surface area (Å²) in [5.74, 6) is -0.473. The number of ether oxygens (including phenoxy) is 1. The first-order valence-electron chi connectivity index (χ1n) is 5.19. The molecular weight excluding hydrogens is 292 g/mol. The minimum Gasteiger partial charge on any atom is -0.462 e. The summed E-state index contributed by atoms with van der Waals surface area (Å²) in [6.07, 6.45) is 1.64. The lowest BCUT2D eigenvalue weighted by Gasteiger charge is -2.12. The molecule has 6 nitrogen and oxygen atoms in total. The second-order valence-electron chi connectivity index (χ2n) is 3.57. The molecule has 0 spiro atoms. The van der Waals surface area contributed by atoms with Gasteiger partial charge in [-0.05, 0) is 6.92 Å². The number of aromatic nitrogens is 1. The van der Waals surface area contributed by atoms with Gasteiger partial charge in [0.05, 0.1) is 12.8 Å². The van der Waals surface area contributed by atoms with Crippen LogP contribution in [0.3, 0.4) is 0 Å². The van der Waals surface area contributed by atoms with Crippen LogP contribution in [0.2, 0.25) is 0 Å². The quantitative estimate of drug-likeness (QED) is 0.622. The predicted molar refractivity (Wildman–Crippen MR) is 62.1 cm³/mol. The zero-order chi connectivity index (χ0) is 12.4. The van der Waals surface area contributed by atoms with Crippen LogP contribution in [0.4, 0.5) is 5.88 Å². The number of anilines is 1. The standard InChI is InChI=1S/C10H11BrN2O4/c1-2-16-10(15)7-4-12-17-9(7)13-5-6(11)3-8(13)14/h4,6H,2-3,5H2,1H3. The van der Waals surface area contributed by atoms with E-state index in [1.54, 1.807) is 6.92 Å². The molecule has 0 bridgehead atoms. The highest BCUT2D eigenvalue weighted by molar-refractivity contribution is 9.09. The fourth-order valence-electron chi connectivity index (χ4n) is 1.64. The molecule has 0 aromatic carbocycles. The van der Waals surface area contributed by atoms with Crippen LogP contribution in [-0.2, 0) is 9.53 Å². The third-order valence-corrected chi connectivity index (χ3v) is 2.98. The Morgan fingerprint density at radius 2 is 2.53 bits per heavy atom. The van der Waals surface area contributed by atoms with E-state index in [1.807, 2.05) is 0 Å². The maximum Gasteiger partial charge on any atom is 0.345 e. The Kier molecular flexibility index (Phi) is 3.46. The highest BCUT2D eigenvalue weighted by Gasteiger charge is 2.34. The molecule has 1 aromatic rings. The Hall–Kier alpha value is -1.37. The smallest absolute Gasteiger partial charge is 0.345 e. The summed E-state index contributed by atoms with van der Waals surface area (Å²) in [7, 11) is 0. The van der Waals surface area contributed by atoms with Crippen molar-refractivity contribution < 1.29 is 18.8 Å². The number of halogens is 1. The second-order valence-corrected chi connectivity index (χ2v) is 4.87. The molecule has 2 rings (SSSR count). The van der Waals surface area contributed by atoms with E-state index < -0.39 is 5.97 Å². The van der Waals surface area contributed by atoms with Crippen LogP contribution in [0, 0.1) is 0 Å². The first-order valence-corrected chi connectivity index (χ1v) is 6.11. The number of hydrogen-bond acceptors (Lipinski definition) is 5. The van der Waals surface area contributed by atoms with E-state index in [-0.39, 0.29) is 28.8 Å². The normalized spacial score (nSPS) is 19.8. The van der Waals surface area contributed by atoms with Gasteiger partial charge < -0.3 is 9.26 Å². The van der Waals surface area contributed by atoms with Crippen molar-refractivity contribution in [1.82, 2.24) is 5.16 Å². The number of alkyl halides is 1. The van der Waals surface area contributed by atoms with Gasteiger partial charge in [0.15, 0.2) is 0 Å². The highest BCUT2D eigenvalue weighted by Crippen LogP contribution is 2.28. The van der Waals surface area contributed by atoms with Gasteiger partial charge in [-0.1, -0.05) is 21.1 Å². The Morgan fingerprint density at radius 1 is 1.76 bits per heavy atom. The molecule has 1 unspecified atom stereocenters. The average molecular weight is 303 g/mol. The molecule has 7 heteroatoms. The van der Waals surface area contributed by atoms with Crippen LogP contribution in [0.25, 0.3) is 0 Å². The van der Waals surface area contributed by atoms with Crippen LogP contribution in [0.15, 0.2) is 10.7 Å². The van der Waals surface area contributed by atoms with Gasteiger partial charge in [0.1, 0.15) is 5.56 Å². The van der Waals surface area contributed by atoms with Gasteiger partial charge in [-0.2, -0.15) is 0 Å². The number of carbonyl (C=O) groups excluding carboxylic acids is 2. The van der Waals surface area contributed by atoms with Crippen LogP contribution >= 0.6 is 15.9 Å². The maximum absolute atomic E-state index is 11.7. The van der Waals surface area contributed by atoms with Crippen molar-refractivity contribution in [3.63, 3.8) is 0 Å². The van der Waals surface area contributed by atoms with Crippen LogP contribution in [-0.4, -0.2) is 35.0 Å². The number of nitrogens with zero attached hydrogens (tertiary/aromatic N) is 2. The van der Waals surface area contributed by atoms with E-state index in [4.69, 9.17) is 9.26 Å². The molecule has 2 heterocycles. The van der Waals surface area contributed by atoms with Crippen molar-refractivity contribution in [3.05, 3.63) is 11.8 Å². The summed E-state index contributed by atoms with van der Waals surface area (Å²) in [6, 6.07) is 0. The second kappa shape index (κ2) is 4.87. The monoisotopic (exact) mass is 302 g/mol. The Labute approximate surface area is 106 Å². The molecule has 0 saturated carbocycles.